The predicted octanol–water partition coefficient (Wildman–Crippen LogP) is 1.15. The summed E-state index contributed by atoms with van der Waals surface area (Å²) in [5.74, 6) is 0.208. The number of primary amides is 1. The van der Waals surface area contributed by atoms with Crippen molar-refractivity contribution in [3.8, 4) is 0 Å². The summed E-state index contributed by atoms with van der Waals surface area (Å²) >= 11 is 0. The van der Waals surface area contributed by atoms with Gasteiger partial charge in [-0.1, -0.05) is 42.5 Å². The van der Waals surface area contributed by atoms with Crippen LogP contribution in [-0.2, 0) is 9.47 Å². The number of amides is 2. The van der Waals surface area contributed by atoms with E-state index >= 15 is 0 Å². The van der Waals surface area contributed by atoms with Crippen molar-refractivity contribution in [2.24, 2.45) is 11.7 Å². The summed E-state index contributed by atoms with van der Waals surface area (Å²) in [6.07, 6.45) is 4.08. The van der Waals surface area contributed by atoms with Gasteiger partial charge in [-0.05, 0) is 5.56 Å². The molecule has 5 heteroatoms. The molecule has 3 N–H and O–H groups in total. The summed E-state index contributed by atoms with van der Waals surface area (Å²) in [5.41, 5.74) is 6.30. The molecular weight excluding hydrogens is 256 g/mol. The van der Waals surface area contributed by atoms with E-state index in [1.54, 1.807) is 0 Å². The zero-order valence-corrected chi connectivity index (χ0v) is 11.1. The smallest absolute Gasteiger partial charge is 0.312 e. The van der Waals surface area contributed by atoms with E-state index < -0.39 is 6.03 Å². The second kappa shape index (κ2) is 5.64. The van der Waals surface area contributed by atoms with Crippen molar-refractivity contribution in [3.63, 3.8) is 0 Å². The van der Waals surface area contributed by atoms with E-state index in [9.17, 15) is 4.79 Å². The van der Waals surface area contributed by atoms with E-state index in [2.05, 4.69) is 29.6 Å². The number of rotatable bonds is 3. The Hall–Kier alpha value is -1.85. The largest absolute Gasteiger partial charge is 0.373 e. The zero-order chi connectivity index (χ0) is 13.9. The fraction of sp³-hybridized carbons (Fsp3) is 0.400. The van der Waals surface area contributed by atoms with Gasteiger partial charge in [0.2, 0.25) is 0 Å². The summed E-state index contributed by atoms with van der Waals surface area (Å²) in [4.78, 5) is 10.9. The van der Waals surface area contributed by atoms with Crippen LogP contribution in [0.2, 0.25) is 0 Å². The van der Waals surface area contributed by atoms with Gasteiger partial charge >= 0.3 is 6.03 Å². The second-order valence-corrected chi connectivity index (χ2v) is 5.14. The Labute approximate surface area is 117 Å². The molecule has 3 rings (SSSR count). The third-order valence-electron chi connectivity index (χ3n) is 3.75. The zero-order valence-electron chi connectivity index (χ0n) is 11.1. The van der Waals surface area contributed by atoms with E-state index in [1.165, 1.54) is 0 Å². The van der Waals surface area contributed by atoms with Crippen LogP contribution in [0.4, 0.5) is 4.79 Å². The number of nitrogens with two attached hydrogens (primary N) is 1. The molecule has 2 fully saturated rings. The lowest BCUT2D eigenvalue weighted by Crippen LogP contribution is -2.46. The first-order chi connectivity index (χ1) is 9.74. The van der Waals surface area contributed by atoms with Crippen LogP contribution in [0.5, 0.6) is 0 Å². The summed E-state index contributed by atoms with van der Waals surface area (Å²) in [6.45, 7) is 1.06. The number of ether oxygens (including phenoxy) is 2. The van der Waals surface area contributed by atoms with Gasteiger partial charge in [0.05, 0.1) is 25.4 Å². The first-order valence-electron chi connectivity index (χ1n) is 6.76. The number of hydrogen-bond donors (Lipinski definition) is 2. The Morgan fingerprint density at radius 2 is 1.95 bits per heavy atom. The molecule has 2 aliphatic rings. The summed E-state index contributed by atoms with van der Waals surface area (Å²) in [7, 11) is 0. The van der Waals surface area contributed by atoms with Gasteiger partial charge in [-0.3, -0.25) is 0 Å². The van der Waals surface area contributed by atoms with Gasteiger partial charge in [0.25, 0.3) is 0 Å². The van der Waals surface area contributed by atoms with Crippen LogP contribution >= 0.6 is 0 Å². The minimum atomic E-state index is -0.536. The minimum absolute atomic E-state index is 0.00758. The van der Waals surface area contributed by atoms with E-state index in [4.69, 9.17) is 15.2 Å². The second-order valence-electron chi connectivity index (χ2n) is 5.14. The van der Waals surface area contributed by atoms with Gasteiger partial charge in [0.15, 0.2) is 0 Å². The molecule has 106 valence electrons. The van der Waals surface area contributed by atoms with Crippen LogP contribution in [0.15, 0.2) is 36.4 Å². The van der Waals surface area contributed by atoms with Crippen molar-refractivity contribution in [1.82, 2.24) is 5.32 Å². The predicted molar refractivity (Wildman–Crippen MR) is 75.0 cm³/mol. The van der Waals surface area contributed by atoms with Crippen LogP contribution in [0, 0.1) is 5.92 Å². The number of carbonyl (C=O) groups excluding carboxylic acids is 1. The molecule has 0 radical (unpaired) electrons. The van der Waals surface area contributed by atoms with Crippen molar-refractivity contribution in [1.29, 1.82) is 0 Å². The highest BCUT2D eigenvalue weighted by molar-refractivity contribution is 5.72. The lowest BCUT2D eigenvalue weighted by atomic mass is 9.99. The maximum Gasteiger partial charge on any atom is 0.312 e. The normalized spacial score (nSPS) is 32.4. The summed E-state index contributed by atoms with van der Waals surface area (Å²) < 4.78 is 11.5. The van der Waals surface area contributed by atoms with Gasteiger partial charge < -0.3 is 20.5 Å². The SMILES string of the molecule is NC(=O)N[C@H]1CO[C@H]2[C@@H]1OC[C@@H]2C=Cc1ccccc1. The standard InChI is InChI=1S/C15H18N2O3/c16-15(18)17-12-9-20-13-11(8-19-14(12)13)7-6-10-4-2-1-3-5-10/h1-7,11-14H,8-9H2,(H3,16,17,18)/t11-,12-,13+,14+/m0/s1. The van der Waals surface area contributed by atoms with Crippen molar-refractivity contribution in [2.75, 3.05) is 13.2 Å². The molecule has 2 aliphatic heterocycles. The lowest BCUT2D eigenvalue weighted by molar-refractivity contribution is 0.0662. The minimum Gasteiger partial charge on any atom is -0.373 e. The lowest BCUT2D eigenvalue weighted by Gasteiger charge is -2.15. The topological polar surface area (TPSA) is 73.6 Å². The highest BCUT2D eigenvalue weighted by atomic mass is 16.6. The van der Waals surface area contributed by atoms with Gasteiger partial charge in [-0.2, -0.15) is 0 Å². The van der Waals surface area contributed by atoms with Crippen molar-refractivity contribution < 1.29 is 14.3 Å². The van der Waals surface area contributed by atoms with Crippen molar-refractivity contribution in [2.45, 2.75) is 18.2 Å². The number of carbonyl (C=O) groups is 1. The molecule has 1 aromatic carbocycles. The molecule has 20 heavy (non-hydrogen) atoms. The van der Waals surface area contributed by atoms with Gasteiger partial charge in [-0.15, -0.1) is 0 Å². The monoisotopic (exact) mass is 274 g/mol. The van der Waals surface area contributed by atoms with Crippen molar-refractivity contribution in [3.05, 3.63) is 42.0 Å². The highest BCUT2D eigenvalue weighted by Crippen LogP contribution is 2.32. The molecule has 2 heterocycles. The Kier molecular flexibility index (Phi) is 3.71. The number of urea groups is 1. The highest BCUT2D eigenvalue weighted by Gasteiger charge is 2.46. The van der Waals surface area contributed by atoms with Gasteiger partial charge in [0, 0.05) is 5.92 Å². The van der Waals surface area contributed by atoms with E-state index in [-0.39, 0.29) is 24.2 Å². The number of nitrogens with one attached hydrogen (secondary N) is 1. The Bertz CT molecular complexity index is 503. The molecule has 1 aromatic rings. The Balaban J connectivity index is 1.64. The molecule has 0 spiro atoms. The average Bonchev–Trinajstić information content (AvgIpc) is 3.01. The number of hydrogen-bond acceptors (Lipinski definition) is 3. The quantitative estimate of drug-likeness (QED) is 0.868. The van der Waals surface area contributed by atoms with Crippen LogP contribution < -0.4 is 11.1 Å². The van der Waals surface area contributed by atoms with Crippen LogP contribution in [0.3, 0.4) is 0 Å². The summed E-state index contributed by atoms with van der Waals surface area (Å²) in [6, 6.07) is 9.43. The molecule has 0 aliphatic carbocycles. The first kappa shape index (κ1) is 13.1. The Morgan fingerprint density at radius 3 is 2.70 bits per heavy atom. The number of benzene rings is 1. The van der Waals surface area contributed by atoms with E-state index in [1.807, 2.05) is 18.2 Å². The van der Waals surface area contributed by atoms with Crippen LogP contribution in [-0.4, -0.2) is 37.5 Å². The summed E-state index contributed by atoms with van der Waals surface area (Å²) in [5, 5.41) is 2.67. The van der Waals surface area contributed by atoms with Gasteiger partial charge in [-0.25, -0.2) is 4.79 Å². The molecule has 0 saturated carbocycles. The molecule has 0 bridgehead atoms. The molecule has 4 atom stereocenters. The van der Waals surface area contributed by atoms with E-state index in [0.717, 1.165) is 5.56 Å². The third-order valence-corrected chi connectivity index (χ3v) is 3.75. The first-order valence-corrected chi connectivity index (χ1v) is 6.76. The van der Waals surface area contributed by atoms with Crippen LogP contribution in [0.1, 0.15) is 5.56 Å². The molecule has 2 saturated heterocycles. The number of fused-ring (bicyclic) bond motifs is 1. The molecule has 2 amide bonds. The fourth-order valence-electron chi connectivity index (χ4n) is 2.80. The molecule has 0 unspecified atom stereocenters. The Morgan fingerprint density at radius 1 is 1.20 bits per heavy atom. The third kappa shape index (κ3) is 2.69. The van der Waals surface area contributed by atoms with E-state index in [0.29, 0.717) is 13.2 Å². The fourth-order valence-corrected chi connectivity index (χ4v) is 2.80. The average molecular weight is 274 g/mol. The molecule has 0 aromatic heterocycles. The van der Waals surface area contributed by atoms with Crippen LogP contribution in [0.25, 0.3) is 6.08 Å². The maximum absolute atomic E-state index is 10.9. The molecular formula is C15H18N2O3. The molecule has 5 nitrogen and oxygen atoms in total. The maximum atomic E-state index is 10.9. The van der Waals surface area contributed by atoms with Gasteiger partial charge in [0.1, 0.15) is 6.10 Å². The van der Waals surface area contributed by atoms with Crippen molar-refractivity contribution >= 4 is 12.1 Å².